The molecule has 1 aromatic rings. The highest BCUT2D eigenvalue weighted by molar-refractivity contribution is 5.46. The molecule has 4 N–H and O–H groups in total. The molecule has 0 bridgehead atoms. The Morgan fingerprint density at radius 2 is 2.10 bits per heavy atom. The molecule has 1 aromatic heterocycles. The highest BCUT2D eigenvalue weighted by Crippen LogP contribution is 2.24. The molecule has 1 fully saturated rings. The van der Waals surface area contributed by atoms with Crippen molar-refractivity contribution >= 4 is 5.69 Å². The van der Waals surface area contributed by atoms with Crippen LogP contribution in [0.15, 0.2) is 0 Å². The van der Waals surface area contributed by atoms with Gasteiger partial charge in [-0.15, -0.1) is 0 Å². The van der Waals surface area contributed by atoms with E-state index in [9.17, 15) is 10.2 Å². The van der Waals surface area contributed by atoms with Gasteiger partial charge in [0.05, 0.1) is 36.3 Å². The van der Waals surface area contributed by atoms with Gasteiger partial charge in [0, 0.05) is 12.6 Å². The third-order valence-corrected chi connectivity index (χ3v) is 4.45. The van der Waals surface area contributed by atoms with Crippen LogP contribution < -0.4 is 5.73 Å². The van der Waals surface area contributed by atoms with Crippen molar-refractivity contribution in [3.05, 3.63) is 11.4 Å². The normalized spacial score (nSPS) is 25.2. The van der Waals surface area contributed by atoms with E-state index in [0.717, 1.165) is 24.4 Å². The average molecular weight is 282 g/mol. The maximum atomic E-state index is 10.3. The first kappa shape index (κ1) is 15.3. The van der Waals surface area contributed by atoms with Gasteiger partial charge in [-0.2, -0.15) is 5.10 Å². The highest BCUT2D eigenvalue weighted by Gasteiger charge is 2.31. The van der Waals surface area contributed by atoms with Gasteiger partial charge in [-0.3, -0.25) is 9.58 Å². The predicted molar refractivity (Wildman–Crippen MR) is 78.3 cm³/mol. The number of nitrogens with two attached hydrogens (primary N) is 1. The number of hydrogen-bond donors (Lipinski definition) is 3. The fraction of sp³-hybridized carbons (Fsp3) is 0.786. The molecule has 1 aliphatic heterocycles. The number of aryl methyl sites for hydroxylation is 1. The fourth-order valence-corrected chi connectivity index (χ4v) is 3.03. The molecule has 2 heterocycles. The number of rotatable bonds is 5. The van der Waals surface area contributed by atoms with Gasteiger partial charge in [-0.1, -0.05) is 6.92 Å². The van der Waals surface area contributed by atoms with Gasteiger partial charge in [0.15, 0.2) is 0 Å². The molecule has 6 heteroatoms. The zero-order valence-corrected chi connectivity index (χ0v) is 12.6. The summed E-state index contributed by atoms with van der Waals surface area (Å²) < 4.78 is 1.77. The molecule has 2 rings (SSSR count). The molecular weight excluding hydrogens is 256 g/mol. The van der Waals surface area contributed by atoms with Crippen LogP contribution in [0.4, 0.5) is 5.69 Å². The molecule has 0 aliphatic carbocycles. The van der Waals surface area contributed by atoms with Crippen molar-refractivity contribution in [2.75, 3.05) is 25.4 Å². The number of aliphatic hydroxyl groups is 2. The Hall–Kier alpha value is -1.11. The van der Waals surface area contributed by atoms with Gasteiger partial charge in [-0.05, 0) is 32.7 Å². The largest absolute Gasteiger partial charge is 0.396 e. The second-order valence-corrected chi connectivity index (χ2v) is 5.93. The summed E-state index contributed by atoms with van der Waals surface area (Å²) in [5.41, 5.74) is 8.29. The minimum absolute atomic E-state index is 0.154. The molecule has 1 aliphatic rings. The first-order chi connectivity index (χ1) is 9.43. The zero-order chi connectivity index (χ0) is 14.9. The van der Waals surface area contributed by atoms with Crippen molar-refractivity contribution in [3.63, 3.8) is 0 Å². The molecule has 114 valence electrons. The molecule has 20 heavy (non-hydrogen) atoms. The molecule has 0 aromatic carbocycles. The lowest BCUT2D eigenvalue weighted by Gasteiger charge is -2.27. The molecule has 3 atom stereocenters. The molecule has 0 radical (unpaired) electrons. The number of anilines is 1. The minimum atomic E-state index is -0.508. The van der Waals surface area contributed by atoms with E-state index >= 15 is 0 Å². The van der Waals surface area contributed by atoms with Crippen molar-refractivity contribution in [3.8, 4) is 0 Å². The van der Waals surface area contributed by atoms with Gasteiger partial charge in [-0.25, -0.2) is 0 Å². The van der Waals surface area contributed by atoms with Gasteiger partial charge in [0.2, 0.25) is 0 Å². The summed E-state index contributed by atoms with van der Waals surface area (Å²) in [5, 5.41) is 24.0. The van der Waals surface area contributed by atoms with Gasteiger partial charge in [0.1, 0.15) is 0 Å². The number of nitrogen functional groups attached to an aromatic ring is 1. The third-order valence-electron chi connectivity index (χ3n) is 4.45. The van der Waals surface area contributed by atoms with Crippen LogP contribution in [0.3, 0.4) is 0 Å². The summed E-state index contributed by atoms with van der Waals surface area (Å²) >= 11 is 0. The van der Waals surface area contributed by atoms with Crippen LogP contribution in [0.25, 0.3) is 0 Å². The lowest BCUT2D eigenvalue weighted by atomic mass is 10.0. The molecule has 0 amide bonds. The van der Waals surface area contributed by atoms with E-state index in [1.54, 1.807) is 4.68 Å². The Morgan fingerprint density at radius 3 is 2.65 bits per heavy atom. The molecule has 6 nitrogen and oxygen atoms in total. The Balaban J connectivity index is 1.95. The second-order valence-electron chi connectivity index (χ2n) is 5.93. The second kappa shape index (κ2) is 6.11. The zero-order valence-electron chi connectivity index (χ0n) is 12.6. The van der Waals surface area contributed by atoms with Crippen LogP contribution in [0.1, 0.15) is 24.7 Å². The van der Waals surface area contributed by atoms with Crippen LogP contribution >= 0.6 is 0 Å². The van der Waals surface area contributed by atoms with Crippen LogP contribution in [0, 0.1) is 19.8 Å². The van der Waals surface area contributed by atoms with E-state index in [4.69, 9.17) is 5.73 Å². The number of hydrogen-bond acceptors (Lipinski definition) is 5. The van der Waals surface area contributed by atoms with E-state index in [-0.39, 0.29) is 12.6 Å². The van der Waals surface area contributed by atoms with Crippen LogP contribution in [-0.2, 0) is 6.54 Å². The van der Waals surface area contributed by atoms with Crippen molar-refractivity contribution < 1.29 is 10.2 Å². The number of β-amino-alcohol motifs (C(OH)–C–C–N with tert-alkyl or cyclic N) is 1. The molecule has 0 saturated carbocycles. The summed E-state index contributed by atoms with van der Waals surface area (Å²) in [6.07, 6.45) is 0.567. The lowest BCUT2D eigenvalue weighted by Crippen LogP contribution is -2.41. The van der Waals surface area contributed by atoms with Crippen LogP contribution in [0.5, 0.6) is 0 Å². The first-order valence-corrected chi connectivity index (χ1v) is 7.26. The molecule has 0 spiro atoms. The SMILES string of the molecule is Cc1nn(CC(O)CN2CCC(C)C2CO)c(C)c1N. The third kappa shape index (κ3) is 2.97. The average Bonchev–Trinajstić information content (AvgIpc) is 2.86. The number of likely N-dealkylation sites (tertiary alicyclic amines) is 1. The first-order valence-electron chi connectivity index (χ1n) is 7.26. The van der Waals surface area contributed by atoms with Crippen molar-refractivity contribution in [2.45, 2.75) is 45.9 Å². The minimum Gasteiger partial charge on any atom is -0.396 e. The summed E-state index contributed by atoms with van der Waals surface area (Å²) in [6, 6.07) is 0.162. The highest BCUT2D eigenvalue weighted by atomic mass is 16.3. The van der Waals surface area contributed by atoms with Crippen LogP contribution in [0.2, 0.25) is 0 Å². The van der Waals surface area contributed by atoms with E-state index in [0.29, 0.717) is 24.7 Å². The Bertz CT molecular complexity index is 460. The van der Waals surface area contributed by atoms with Gasteiger partial charge >= 0.3 is 0 Å². The maximum Gasteiger partial charge on any atom is 0.0862 e. The lowest BCUT2D eigenvalue weighted by molar-refractivity contribution is 0.0653. The van der Waals surface area contributed by atoms with E-state index < -0.39 is 6.10 Å². The standard InChI is InChI=1S/C14H26N4O2/c1-9-4-5-17(13(9)8-19)6-12(20)7-18-11(3)14(15)10(2)16-18/h9,12-13,19-20H,4-8,15H2,1-3H3. The number of nitrogens with zero attached hydrogens (tertiary/aromatic N) is 3. The number of aromatic nitrogens is 2. The van der Waals surface area contributed by atoms with Crippen molar-refractivity contribution in [1.82, 2.24) is 14.7 Å². The van der Waals surface area contributed by atoms with Crippen molar-refractivity contribution in [2.24, 2.45) is 5.92 Å². The molecular formula is C14H26N4O2. The van der Waals surface area contributed by atoms with Gasteiger partial charge < -0.3 is 15.9 Å². The topological polar surface area (TPSA) is 87.5 Å². The van der Waals surface area contributed by atoms with E-state index in [1.807, 2.05) is 13.8 Å². The van der Waals surface area contributed by atoms with E-state index in [1.165, 1.54) is 0 Å². The summed E-state index contributed by atoms with van der Waals surface area (Å²) in [6.45, 7) is 8.02. The predicted octanol–water partition coefficient (Wildman–Crippen LogP) is 0.146. The monoisotopic (exact) mass is 282 g/mol. The maximum absolute atomic E-state index is 10.3. The van der Waals surface area contributed by atoms with E-state index in [2.05, 4.69) is 16.9 Å². The van der Waals surface area contributed by atoms with Gasteiger partial charge in [0.25, 0.3) is 0 Å². The Morgan fingerprint density at radius 1 is 1.40 bits per heavy atom. The molecule has 1 saturated heterocycles. The van der Waals surface area contributed by atoms with Crippen LogP contribution in [-0.4, -0.2) is 56.7 Å². The Kier molecular flexibility index (Phi) is 4.67. The smallest absolute Gasteiger partial charge is 0.0862 e. The quantitative estimate of drug-likeness (QED) is 0.715. The fourth-order valence-electron chi connectivity index (χ4n) is 3.03. The number of aliphatic hydroxyl groups excluding tert-OH is 2. The summed E-state index contributed by atoms with van der Waals surface area (Å²) in [4.78, 5) is 2.17. The summed E-state index contributed by atoms with van der Waals surface area (Å²) in [7, 11) is 0. The van der Waals surface area contributed by atoms with Crippen molar-refractivity contribution in [1.29, 1.82) is 0 Å². The molecule has 3 unspecified atom stereocenters. The summed E-state index contributed by atoms with van der Waals surface area (Å²) in [5.74, 6) is 0.483. The Labute approximate surface area is 120 Å².